The van der Waals surface area contributed by atoms with Crippen molar-refractivity contribution in [1.29, 1.82) is 0 Å². The number of carbonyl (C=O) groups is 1. The zero-order chi connectivity index (χ0) is 19.8. The van der Waals surface area contributed by atoms with E-state index in [-0.39, 0.29) is 17.6 Å². The molecule has 0 bridgehead atoms. The molecule has 2 aromatic carbocycles. The van der Waals surface area contributed by atoms with Gasteiger partial charge in [-0.15, -0.1) is 10.2 Å². The van der Waals surface area contributed by atoms with Crippen LogP contribution in [0.25, 0.3) is 11.3 Å². The fourth-order valence-corrected chi connectivity index (χ4v) is 3.67. The van der Waals surface area contributed by atoms with Crippen LogP contribution in [0.15, 0.2) is 52.1 Å². The summed E-state index contributed by atoms with van der Waals surface area (Å²) >= 11 is 4.80. The minimum atomic E-state index is -0.828. The Morgan fingerprint density at radius 2 is 1.96 bits per heavy atom. The molecule has 0 unspecified atom stereocenters. The molecule has 9 heteroatoms. The highest BCUT2D eigenvalue weighted by atomic mass is 79.9. The van der Waals surface area contributed by atoms with Gasteiger partial charge in [0.1, 0.15) is 5.82 Å². The number of aromatic nitrogens is 3. The van der Waals surface area contributed by atoms with Crippen LogP contribution in [0.4, 0.5) is 10.1 Å². The summed E-state index contributed by atoms with van der Waals surface area (Å²) in [6.45, 7) is 1.45. The van der Waals surface area contributed by atoms with Gasteiger partial charge in [0, 0.05) is 22.5 Å². The van der Waals surface area contributed by atoms with E-state index in [1.54, 1.807) is 18.2 Å². The molecule has 1 atom stereocenters. The topological polar surface area (TPSA) is 68.2 Å². The summed E-state index contributed by atoms with van der Waals surface area (Å²) in [5.41, 5.74) is 2.32. The van der Waals surface area contributed by atoms with Gasteiger partial charge in [-0.2, -0.15) is 4.98 Å². The van der Waals surface area contributed by atoms with Gasteiger partial charge >= 0.3 is 0 Å². The van der Waals surface area contributed by atoms with Gasteiger partial charge < -0.3 is 4.74 Å². The number of carbonyl (C=O) groups excluding carboxylic acids is 1. The number of rotatable bonds is 2. The molecule has 6 nitrogen and oxygen atoms in total. The van der Waals surface area contributed by atoms with E-state index >= 15 is 0 Å². The first-order chi connectivity index (χ1) is 13.5. The molecule has 0 saturated heterocycles. The van der Waals surface area contributed by atoms with E-state index in [0.717, 1.165) is 4.47 Å². The molecule has 142 valence electrons. The Labute approximate surface area is 173 Å². The first-order valence-corrected chi connectivity index (χ1v) is 10.3. The summed E-state index contributed by atoms with van der Waals surface area (Å²) < 4.78 is 20.4. The average Bonchev–Trinajstić information content (AvgIpc) is 2.82. The van der Waals surface area contributed by atoms with Gasteiger partial charge in [0.25, 0.3) is 0 Å². The van der Waals surface area contributed by atoms with Crippen molar-refractivity contribution in [1.82, 2.24) is 15.2 Å². The summed E-state index contributed by atoms with van der Waals surface area (Å²) in [6, 6.07) is 11.3. The maximum atomic E-state index is 13.5. The molecule has 1 aliphatic heterocycles. The Morgan fingerprint density at radius 1 is 1.21 bits per heavy atom. The highest BCUT2D eigenvalue weighted by Gasteiger charge is 2.34. The normalized spacial score (nSPS) is 15.3. The largest absolute Gasteiger partial charge is 0.447 e. The number of fused-ring (bicyclic) bond motifs is 3. The van der Waals surface area contributed by atoms with E-state index in [1.165, 1.54) is 35.7 Å². The van der Waals surface area contributed by atoms with Crippen molar-refractivity contribution < 1.29 is 13.9 Å². The minimum absolute atomic E-state index is 0.233. The van der Waals surface area contributed by atoms with E-state index in [0.29, 0.717) is 27.7 Å². The molecule has 0 aliphatic carbocycles. The Kier molecular flexibility index (Phi) is 5.03. The number of hydrogen-bond donors (Lipinski definition) is 0. The second-order valence-electron chi connectivity index (χ2n) is 6.02. The number of hydrogen-bond acceptors (Lipinski definition) is 6. The molecule has 0 spiro atoms. The van der Waals surface area contributed by atoms with E-state index in [9.17, 15) is 9.18 Å². The molecule has 0 radical (unpaired) electrons. The predicted octanol–water partition coefficient (Wildman–Crippen LogP) is 4.61. The van der Waals surface area contributed by atoms with E-state index < -0.39 is 6.23 Å². The van der Waals surface area contributed by atoms with Gasteiger partial charge in [-0.3, -0.25) is 9.69 Å². The molecular weight excluding hydrogens is 447 g/mol. The molecule has 0 fully saturated rings. The van der Waals surface area contributed by atoms with Crippen molar-refractivity contribution >= 4 is 39.3 Å². The number of thioether (sulfide) groups is 1. The zero-order valence-corrected chi connectivity index (χ0v) is 17.3. The second-order valence-corrected chi connectivity index (χ2v) is 7.71. The molecule has 4 rings (SSSR count). The highest BCUT2D eigenvalue weighted by Crippen LogP contribution is 2.44. The number of halogens is 2. The lowest BCUT2D eigenvalue weighted by Gasteiger charge is -2.29. The van der Waals surface area contributed by atoms with Gasteiger partial charge in [-0.1, -0.05) is 39.8 Å². The fraction of sp³-hybridized carbons (Fsp3) is 0.158. The van der Waals surface area contributed by atoms with Gasteiger partial charge in [0.2, 0.25) is 23.2 Å². The quantitative estimate of drug-likeness (QED) is 0.520. The minimum Gasteiger partial charge on any atom is -0.447 e. The van der Waals surface area contributed by atoms with Crippen molar-refractivity contribution in [3.05, 3.63) is 58.3 Å². The first-order valence-electron chi connectivity index (χ1n) is 8.28. The molecule has 0 N–H and O–H groups in total. The fourth-order valence-electron chi connectivity index (χ4n) is 3.01. The summed E-state index contributed by atoms with van der Waals surface area (Å²) in [4.78, 5) is 18.6. The number of anilines is 1. The maximum absolute atomic E-state index is 13.5. The third kappa shape index (κ3) is 3.35. The molecular formula is C19H14BrFN4O2S. The summed E-state index contributed by atoms with van der Waals surface area (Å²) in [5.74, 6) is -0.342. The van der Waals surface area contributed by atoms with Crippen molar-refractivity contribution in [2.75, 3.05) is 11.2 Å². The van der Waals surface area contributed by atoms with Gasteiger partial charge in [-0.25, -0.2) is 4.39 Å². The van der Waals surface area contributed by atoms with Crippen molar-refractivity contribution in [3.63, 3.8) is 0 Å². The second kappa shape index (κ2) is 7.48. The van der Waals surface area contributed by atoms with Crippen LogP contribution in [0, 0.1) is 5.82 Å². The molecule has 28 heavy (non-hydrogen) atoms. The molecule has 3 aromatic rings. The number of ether oxygens (including phenoxy) is 1. The standard InChI is InChI=1S/C19H14BrFN4O2S/c1-10(26)25-15-8-5-12(20)9-14(15)16-17(22-19(28-2)24-23-16)27-18(25)11-3-6-13(21)7-4-11/h3-9,18H,1-2H3/t18-/m1/s1. The van der Waals surface area contributed by atoms with E-state index in [4.69, 9.17) is 4.74 Å². The lowest BCUT2D eigenvalue weighted by molar-refractivity contribution is -0.118. The Morgan fingerprint density at radius 3 is 2.64 bits per heavy atom. The lowest BCUT2D eigenvalue weighted by atomic mass is 10.1. The lowest BCUT2D eigenvalue weighted by Crippen LogP contribution is -2.36. The van der Waals surface area contributed by atoms with Crippen LogP contribution in [0.5, 0.6) is 5.88 Å². The highest BCUT2D eigenvalue weighted by molar-refractivity contribution is 9.10. The van der Waals surface area contributed by atoms with Crippen LogP contribution in [-0.4, -0.2) is 27.3 Å². The van der Waals surface area contributed by atoms with Gasteiger partial charge in [-0.05, 0) is 36.6 Å². The Hall–Kier alpha value is -2.52. The van der Waals surface area contributed by atoms with Gasteiger partial charge in [0.15, 0.2) is 5.69 Å². The molecule has 1 amide bonds. The number of nitrogens with zero attached hydrogens (tertiary/aromatic N) is 4. The summed E-state index contributed by atoms with van der Waals surface area (Å²) in [6.07, 6.45) is 1.01. The number of benzene rings is 2. The summed E-state index contributed by atoms with van der Waals surface area (Å²) in [5, 5.41) is 8.85. The molecule has 0 saturated carbocycles. The molecule has 2 heterocycles. The van der Waals surface area contributed by atoms with Crippen molar-refractivity contribution in [2.24, 2.45) is 0 Å². The smallest absolute Gasteiger partial charge is 0.247 e. The third-order valence-electron chi connectivity index (χ3n) is 4.24. The Bertz CT molecular complexity index is 1060. The van der Waals surface area contributed by atoms with E-state index in [1.807, 2.05) is 18.4 Å². The van der Waals surface area contributed by atoms with Crippen LogP contribution in [0.1, 0.15) is 18.7 Å². The van der Waals surface area contributed by atoms with Crippen molar-refractivity contribution in [3.8, 4) is 17.1 Å². The molecule has 1 aliphatic rings. The van der Waals surface area contributed by atoms with Crippen LogP contribution in [0.2, 0.25) is 0 Å². The summed E-state index contributed by atoms with van der Waals surface area (Å²) in [7, 11) is 0. The van der Waals surface area contributed by atoms with Crippen LogP contribution in [-0.2, 0) is 4.79 Å². The SMILES string of the molecule is CSc1nnc2c(n1)O[C@H](c1ccc(F)cc1)N(C(C)=O)c1ccc(Br)cc1-2. The third-order valence-corrected chi connectivity index (χ3v) is 5.27. The monoisotopic (exact) mass is 460 g/mol. The van der Waals surface area contributed by atoms with Gasteiger partial charge in [0.05, 0.1) is 5.69 Å². The van der Waals surface area contributed by atoms with Crippen LogP contribution in [0.3, 0.4) is 0 Å². The predicted molar refractivity (Wildman–Crippen MR) is 108 cm³/mol. The maximum Gasteiger partial charge on any atom is 0.247 e. The van der Waals surface area contributed by atoms with Crippen LogP contribution >= 0.6 is 27.7 Å². The van der Waals surface area contributed by atoms with Crippen LogP contribution < -0.4 is 9.64 Å². The zero-order valence-electron chi connectivity index (χ0n) is 14.9. The van der Waals surface area contributed by atoms with E-state index in [2.05, 4.69) is 31.1 Å². The first kappa shape index (κ1) is 18.8. The number of amides is 1. The Balaban J connectivity index is 1.98. The average molecular weight is 461 g/mol. The van der Waals surface area contributed by atoms with Crippen molar-refractivity contribution in [2.45, 2.75) is 18.3 Å². The molecule has 1 aromatic heterocycles.